The molecule has 2 heterocycles. The van der Waals surface area contributed by atoms with Crippen molar-refractivity contribution in [1.82, 2.24) is 15.2 Å². The molecule has 0 fully saturated rings. The molecule has 1 aliphatic heterocycles. The minimum absolute atomic E-state index is 0.418. The maximum absolute atomic E-state index is 12.1. The summed E-state index contributed by atoms with van der Waals surface area (Å²) in [6.45, 7) is 4.75. The number of carbonyl (C=O) groups excluding carboxylic acids is 1. The molecule has 1 unspecified atom stereocenters. The molecule has 5 heteroatoms. The SMILES string of the molecule is CCCNC1(C(N)=O)C=c2c(n(C)c3ccccc23)=C(C)N1. The molecular weight excluding hydrogens is 276 g/mol. The van der Waals surface area contributed by atoms with E-state index in [1.54, 1.807) is 0 Å². The van der Waals surface area contributed by atoms with Gasteiger partial charge in [0.15, 0.2) is 5.66 Å². The van der Waals surface area contributed by atoms with Crippen molar-refractivity contribution in [2.45, 2.75) is 25.9 Å². The number of amides is 1. The molecule has 0 radical (unpaired) electrons. The Morgan fingerprint density at radius 1 is 1.41 bits per heavy atom. The number of primary amides is 1. The fourth-order valence-electron chi connectivity index (χ4n) is 3.27. The molecule has 0 saturated heterocycles. The molecule has 3 rings (SSSR count). The number of nitrogens with zero attached hydrogens (tertiary/aromatic N) is 1. The van der Waals surface area contributed by atoms with Gasteiger partial charge in [-0.3, -0.25) is 10.1 Å². The predicted octanol–water partition coefficient (Wildman–Crippen LogP) is -0.129. The number of aromatic nitrogens is 1. The number of nitrogens with two attached hydrogens (primary N) is 1. The molecule has 1 aromatic heterocycles. The molecule has 1 aliphatic rings. The summed E-state index contributed by atoms with van der Waals surface area (Å²) in [5, 5.41) is 9.81. The first-order valence-electron chi connectivity index (χ1n) is 7.60. The lowest BCUT2D eigenvalue weighted by molar-refractivity contribution is -0.122. The highest BCUT2D eigenvalue weighted by Crippen LogP contribution is 2.13. The van der Waals surface area contributed by atoms with Gasteiger partial charge in [0.2, 0.25) is 0 Å². The molecule has 1 amide bonds. The third kappa shape index (κ3) is 2.01. The Kier molecular flexibility index (Phi) is 3.45. The number of fused-ring (bicyclic) bond motifs is 3. The molecule has 4 N–H and O–H groups in total. The minimum atomic E-state index is -1.03. The number of rotatable bonds is 4. The van der Waals surface area contributed by atoms with E-state index < -0.39 is 11.6 Å². The van der Waals surface area contributed by atoms with Crippen molar-refractivity contribution in [3.63, 3.8) is 0 Å². The van der Waals surface area contributed by atoms with E-state index in [1.165, 1.54) is 0 Å². The van der Waals surface area contributed by atoms with Crippen LogP contribution in [0.1, 0.15) is 20.3 Å². The van der Waals surface area contributed by atoms with Crippen LogP contribution in [-0.4, -0.2) is 22.7 Å². The average Bonchev–Trinajstić information content (AvgIpc) is 2.79. The number of carbonyl (C=O) groups is 1. The van der Waals surface area contributed by atoms with Crippen molar-refractivity contribution >= 4 is 28.6 Å². The summed E-state index contributed by atoms with van der Waals surface area (Å²) in [5.74, 6) is -0.418. The molecule has 116 valence electrons. The maximum atomic E-state index is 12.1. The first-order valence-corrected chi connectivity index (χ1v) is 7.60. The van der Waals surface area contributed by atoms with Gasteiger partial charge >= 0.3 is 0 Å². The lowest BCUT2D eigenvalue weighted by Gasteiger charge is -2.33. The molecule has 2 aromatic rings. The molecule has 0 aliphatic carbocycles. The topological polar surface area (TPSA) is 72.1 Å². The number of hydrogen-bond acceptors (Lipinski definition) is 3. The van der Waals surface area contributed by atoms with Crippen LogP contribution in [0.5, 0.6) is 0 Å². The second-order valence-corrected chi connectivity index (χ2v) is 5.83. The zero-order chi connectivity index (χ0) is 15.9. The van der Waals surface area contributed by atoms with E-state index in [-0.39, 0.29) is 0 Å². The molecule has 0 spiro atoms. The van der Waals surface area contributed by atoms with Gasteiger partial charge < -0.3 is 15.6 Å². The molecule has 1 aromatic carbocycles. The van der Waals surface area contributed by atoms with Crippen molar-refractivity contribution in [3.8, 4) is 0 Å². The van der Waals surface area contributed by atoms with Crippen molar-refractivity contribution in [3.05, 3.63) is 34.8 Å². The van der Waals surface area contributed by atoms with Crippen molar-refractivity contribution < 1.29 is 4.79 Å². The summed E-state index contributed by atoms with van der Waals surface area (Å²) in [6, 6.07) is 8.20. The summed E-state index contributed by atoms with van der Waals surface area (Å²) < 4.78 is 2.15. The van der Waals surface area contributed by atoms with Crippen LogP contribution in [0.15, 0.2) is 24.3 Å². The van der Waals surface area contributed by atoms with Crippen LogP contribution >= 0.6 is 0 Å². The van der Waals surface area contributed by atoms with Crippen LogP contribution < -0.4 is 26.9 Å². The highest BCUT2D eigenvalue weighted by molar-refractivity contribution is 5.95. The lowest BCUT2D eigenvalue weighted by atomic mass is 10.0. The Hall–Kier alpha value is -2.27. The lowest BCUT2D eigenvalue weighted by Crippen LogP contribution is -2.66. The summed E-state index contributed by atoms with van der Waals surface area (Å²) in [7, 11) is 2.04. The Bertz CT molecular complexity index is 865. The van der Waals surface area contributed by atoms with Gasteiger partial charge in [-0.1, -0.05) is 25.1 Å². The van der Waals surface area contributed by atoms with Gasteiger partial charge in [0.25, 0.3) is 5.91 Å². The standard InChI is InChI=1S/C17H22N4O/c1-4-9-19-17(16(18)22)10-13-12-7-5-6-8-14(12)21(3)15(13)11(2)20-17/h5-8,10,19-20H,4,9H2,1-3H3,(H2,18,22). The first kappa shape index (κ1) is 14.7. The van der Waals surface area contributed by atoms with Gasteiger partial charge in [0.1, 0.15) is 0 Å². The molecule has 5 nitrogen and oxygen atoms in total. The van der Waals surface area contributed by atoms with E-state index in [0.717, 1.165) is 33.6 Å². The molecule has 22 heavy (non-hydrogen) atoms. The van der Waals surface area contributed by atoms with Crippen molar-refractivity contribution in [2.24, 2.45) is 12.8 Å². The molecule has 1 atom stereocenters. The minimum Gasteiger partial charge on any atom is -0.366 e. The fourth-order valence-corrected chi connectivity index (χ4v) is 3.27. The van der Waals surface area contributed by atoms with Gasteiger partial charge in [0, 0.05) is 28.9 Å². The predicted molar refractivity (Wildman–Crippen MR) is 89.1 cm³/mol. The van der Waals surface area contributed by atoms with Crippen molar-refractivity contribution in [2.75, 3.05) is 6.54 Å². The van der Waals surface area contributed by atoms with E-state index in [2.05, 4.69) is 34.3 Å². The van der Waals surface area contributed by atoms with E-state index in [9.17, 15) is 4.79 Å². The van der Waals surface area contributed by atoms with Crippen molar-refractivity contribution in [1.29, 1.82) is 0 Å². The maximum Gasteiger partial charge on any atom is 0.262 e. The smallest absolute Gasteiger partial charge is 0.262 e. The summed E-state index contributed by atoms with van der Waals surface area (Å²) in [5.41, 5.74) is 6.75. The Morgan fingerprint density at radius 3 is 2.82 bits per heavy atom. The third-order valence-electron chi connectivity index (χ3n) is 4.29. The van der Waals surface area contributed by atoms with E-state index >= 15 is 0 Å². The normalized spacial score (nSPS) is 20.4. The van der Waals surface area contributed by atoms with E-state index in [1.807, 2.05) is 32.2 Å². The monoisotopic (exact) mass is 298 g/mol. The van der Waals surface area contributed by atoms with Crippen LogP contribution in [-0.2, 0) is 11.8 Å². The van der Waals surface area contributed by atoms with E-state index in [4.69, 9.17) is 5.73 Å². The zero-order valence-electron chi connectivity index (χ0n) is 13.2. The quantitative estimate of drug-likeness (QED) is 0.736. The van der Waals surface area contributed by atoms with Crippen LogP contribution in [0.25, 0.3) is 22.7 Å². The Labute approximate surface area is 129 Å². The molecular formula is C17H22N4O. The van der Waals surface area contributed by atoms with E-state index in [0.29, 0.717) is 6.54 Å². The van der Waals surface area contributed by atoms with Crippen LogP contribution in [0.3, 0.4) is 0 Å². The zero-order valence-corrected chi connectivity index (χ0v) is 13.2. The van der Waals surface area contributed by atoms with Gasteiger partial charge in [-0.05, 0) is 32.0 Å². The van der Waals surface area contributed by atoms with Gasteiger partial charge in [-0.2, -0.15) is 0 Å². The number of aryl methyl sites for hydroxylation is 1. The van der Waals surface area contributed by atoms with Gasteiger partial charge in [-0.15, -0.1) is 0 Å². The van der Waals surface area contributed by atoms with Gasteiger partial charge in [-0.25, -0.2) is 0 Å². The third-order valence-corrected chi connectivity index (χ3v) is 4.29. The van der Waals surface area contributed by atoms with Crippen LogP contribution in [0.2, 0.25) is 0 Å². The second kappa shape index (κ2) is 5.18. The largest absolute Gasteiger partial charge is 0.366 e. The average molecular weight is 298 g/mol. The fraction of sp³-hybridized carbons (Fsp3) is 0.353. The van der Waals surface area contributed by atoms with Crippen LogP contribution in [0.4, 0.5) is 0 Å². The first-order chi connectivity index (χ1) is 10.5. The van der Waals surface area contributed by atoms with Gasteiger partial charge in [0.05, 0.1) is 5.35 Å². The highest BCUT2D eigenvalue weighted by atomic mass is 16.2. The number of nitrogens with one attached hydrogen (secondary N) is 2. The number of para-hydroxylation sites is 1. The second-order valence-electron chi connectivity index (χ2n) is 5.83. The number of benzene rings is 1. The van der Waals surface area contributed by atoms with Crippen LogP contribution in [0, 0.1) is 0 Å². The summed E-state index contributed by atoms with van der Waals surface area (Å²) in [6.07, 6.45) is 2.85. The number of hydrogen-bond donors (Lipinski definition) is 3. The highest BCUT2D eigenvalue weighted by Gasteiger charge is 2.36. The summed E-state index contributed by atoms with van der Waals surface area (Å²) in [4.78, 5) is 12.1. The summed E-state index contributed by atoms with van der Waals surface area (Å²) >= 11 is 0. The molecule has 0 bridgehead atoms. The molecule has 0 saturated carbocycles. The Balaban J connectivity index is 2.36. The Morgan fingerprint density at radius 2 is 2.14 bits per heavy atom.